The van der Waals surface area contributed by atoms with Crippen LogP contribution in [-0.4, -0.2) is 6.03 Å². The van der Waals surface area contributed by atoms with E-state index < -0.39 is 35.4 Å². The molecule has 0 aliphatic carbocycles. The van der Waals surface area contributed by atoms with Crippen LogP contribution in [0, 0.1) is 11.6 Å². The molecule has 1 unspecified atom stereocenters. The van der Waals surface area contributed by atoms with E-state index in [4.69, 9.17) is 0 Å². The van der Waals surface area contributed by atoms with Crippen molar-refractivity contribution in [1.29, 1.82) is 0 Å². The molecule has 0 aliphatic heterocycles. The van der Waals surface area contributed by atoms with E-state index in [-0.39, 0.29) is 17.7 Å². The number of carbonyl (C=O) groups is 1. The third-order valence-electron chi connectivity index (χ3n) is 3.51. The van der Waals surface area contributed by atoms with E-state index in [1.165, 1.54) is 19.1 Å². The summed E-state index contributed by atoms with van der Waals surface area (Å²) in [6, 6.07) is 5.99. The summed E-state index contributed by atoms with van der Waals surface area (Å²) in [4.78, 5) is 11.8. The molecule has 8 heteroatoms. The minimum Gasteiger partial charge on any atom is -0.334 e. The van der Waals surface area contributed by atoms with Crippen LogP contribution in [0.1, 0.15) is 29.7 Å². The van der Waals surface area contributed by atoms with Gasteiger partial charge in [-0.15, -0.1) is 0 Å². The Hall–Kier alpha value is -2.64. The molecule has 0 radical (unpaired) electrons. The Kier molecular flexibility index (Phi) is 5.61. The van der Waals surface area contributed by atoms with Crippen LogP contribution in [0.3, 0.4) is 0 Å². The summed E-state index contributed by atoms with van der Waals surface area (Å²) in [5.41, 5.74) is -0.593. The molecule has 3 nitrogen and oxygen atoms in total. The lowest BCUT2D eigenvalue weighted by Gasteiger charge is -2.17. The number of hydrogen-bond donors (Lipinski definition) is 2. The van der Waals surface area contributed by atoms with Crippen molar-refractivity contribution >= 4 is 6.03 Å². The average Bonchev–Trinajstić information content (AvgIpc) is 2.55. The van der Waals surface area contributed by atoms with Gasteiger partial charge in [-0.25, -0.2) is 13.6 Å². The first kappa shape index (κ1) is 18.7. The summed E-state index contributed by atoms with van der Waals surface area (Å²) in [7, 11) is 0. The second-order valence-electron chi connectivity index (χ2n) is 5.41. The Morgan fingerprint density at radius 3 is 2.52 bits per heavy atom. The molecule has 0 heterocycles. The predicted molar refractivity (Wildman–Crippen MR) is 81.6 cm³/mol. The van der Waals surface area contributed by atoms with Crippen LogP contribution in [-0.2, 0) is 12.7 Å². The van der Waals surface area contributed by atoms with E-state index in [9.17, 15) is 26.7 Å². The molecular weight excluding hydrogens is 343 g/mol. The second kappa shape index (κ2) is 7.50. The maximum absolute atomic E-state index is 13.5. The lowest BCUT2D eigenvalue weighted by molar-refractivity contribution is -0.137. The van der Waals surface area contributed by atoms with E-state index in [1.807, 2.05) is 0 Å². The van der Waals surface area contributed by atoms with Crippen LogP contribution < -0.4 is 10.6 Å². The van der Waals surface area contributed by atoms with Crippen molar-refractivity contribution in [2.45, 2.75) is 25.7 Å². The van der Waals surface area contributed by atoms with Gasteiger partial charge in [-0.05, 0) is 42.8 Å². The Morgan fingerprint density at radius 1 is 1.12 bits per heavy atom. The summed E-state index contributed by atoms with van der Waals surface area (Å²) in [5, 5.41) is 4.78. The zero-order valence-corrected chi connectivity index (χ0v) is 13.1. The van der Waals surface area contributed by atoms with Crippen molar-refractivity contribution in [3.63, 3.8) is 0 Å². The lowest BCUT2D eigenvalue weighted by atomic mass is 10.1. The largest absolute Gasteiger partial charge is 0.416 e. The molecule has 0 saturated carbocycles. The smallest absolute Gasteiger partial charge is 0.334 e. The molecule has 0 saturated heterocycles. The van der Waals surface area contributed by atoms with Gasteiger partial charge in [-0.2, -0.15) is 13.2 Å². The molecule has 2 amide bonds. The molecule has 134 valence electrons. The predicted octanol–water partition coefficient (Wildman–Crippen LogP) is 4.54. The van der Waals surface area contributed by atoms with Crippen LogP contribution in [0.4, 0.5) is 26.7 Å². The normalized spacial score (nSPS) is 12.6. The van der Waals surface area contributed by atoms with Crippen molar-refractivity contribution < 1.29 is 26.7 Å². The Balaban J connectivity index is 1.97. The van der Waals surface area contributed by atoms with Gasteiger partial charge >= 0.3 is 12.2 Å². The van der Waals surface area contributed by atoms with Crippen LogP contribution in [0.2, 0.25) is 0 Å². The molecule has 2 aromatic carbocycles. The van der Waals surface area contributed by atoms with Gasteiger partial charge < -0.3 is 10.6 Å². The third-order valence-corrected chi connectivity index (χ3v) is 3.51. The number of alkyl halides is 3. The molecule has 0 bridgehead atoms. The van der Waals surface area contributed by atoms with Crippen molar-refractivity contribution in [3.05, 3.63) is 70.8 Å². The quantitative estimate of drug-likeness (QED) is 0.774. The molecule has 25 heavy (non-hydrogen) atoms. The van der Waals surface area contributed by atoms with Crippen molar-refractivity contribution in [2.75, 3.05) is 0 Å². The first-order valence-corrected chi connectivity index (χ1v) is 7.32. The molecule has 0 fully saturated rings. The first-order valence-electron chi connectivity index (χ1n) is 7.32. The van der Waals surface area contributed by atoms with Gasteiger partial charge in [0.2, 0.25) is 0 Å². The highest BCUT2D eigenvalue weighted by Gasteiger charge is 2.30. The summed E-state index contributed by atoms with van der Waals surface area (Å²) >= 11 is 0. The topological polar surface area (TPSA) is 41.1 Å². The van der Waals surface area contributed by atoms with E-state index >= 15 is 0 Å². The number of benzene rings is 2. The summed E-state index contributed by atoms with van der Waals surface area (Å²) in [6.45, 7) is 1.25. The fourth-order valence-corrected chi connectivity index (χ4v) is 2.17. The Morgan fingerprint density at radius 2 is 1.84 bits per heavy atom. The average molecular weight is 358 g/mol. The van der Waals surface area contributed by atoms with Crippen molar-refractivity contribution in [1.82, 2.24) is 10.6 Å². The fourth-order valence-electron chi connectivity index (χ4n) is 2.17. The molecule has 0 aromatic heterocycles. The zero-order chi connectivity index (χ0) is 18.6. The first-order chi connectivity index (χ1) is 11.7. The van der Waals surface area contributed by atoms with Gasteiger partial charge in [-0.1, -0.05) is 12.1 Å². The number of rotatable bonds is 4. The van der Waals surface area contributed by atoms with Crippen molar-refractivity contribution in [3.8, 4) is 0 Å². The van der Waals surface area contributed by atoms with Gasteiger partial charge in [0.05, 0.1) is 11.6 Å². The van der Waals surface area contributed by atoms with Gasteiger partial charge in [-0.3, -0.25) is 0 Å². The Labute approximate surface area is 140 Å². The minimum absolute atomic E-state index is 0.0399. The van der Waals surface area contributed by atoms with E-state index in [2.05, 4.69) is 10.6 Å². The van der Waals surface area contributed by atoms with Crippen LogP contribution >= 0.6 is 0 Å². The second-order valence-corrected chi connectivity index (χ2v) is 5.41. The number of urea groups is 1. The molecular formula is C17H15F5N2O. The van der Waals surface area contributed by atoms with E-state index in [1.54, 1.807) is 0 Å². The monoisotopic (exact) mass is 358 g/mol. The standard InChI is InChI=1S/C17H15F5N2O/c1-10(11-3-2-4-13(7-11)17(20,21)22)24-16(25)23-9-12-8-14(18)5-6-15(12)19/h2-8,10H,9H2,1H3,(H2,23,24,25). The maximum atomic E-state index is 13.5. The third kappa shape index (κ3) is 5.17. The highest BCUT2D eigenvalue weighted by atomic mass is 19.4. The molecule has 1 atom stereocenters. The summed E-state index contributed by atoms with van der Waals surface area (Å²) in [5.74, 6) is -1.32. The number of hydrogen-bond acceptors (Lipinski definition) is 1. The van der Waals surface area contributed by atoms with Gasteiger partial charge in [0, 0.05) is 12.1 Å². The zero-order valence-electron chi connectivity index (χ0n) is 13.1. The van der Waals surface area contributed by atoms with Crippen molar-refractivity contribution in [2.24, 2.45) is 0 Å². The molecule has 0 aliphatic rings. The minimum atomic E-state index is -4.48. The summed E-state index contributed by atoms with van der Waals surface area (Å²) in [6.07, 6.45) is -4.48. The maximum Gasteiger partial charge on any atom is 0.416 e. The summed E-state index contributed by atoms with van der Waals surface area (Å²) < 4.78 is 64.6. The van der Waals surface area contributed by atoms with Crippen LogP contribution in [0.25, 0.3) is 0 Å². The number of nitrogens with one attached hydrogen (secondary N) is 2. The lowest BCUT2D eigenvalue weighted by Crippen LogP contribution is -2.36. The number of carbonyl (C=O) groups excluding carboxylic acids is 1. The van der Waals surface area contributed by atoms with Crippen LogP contribution in [0.5, 0.6) is 0 Å². The van der Waals surface area contributed by atoms with E-state index in [0.29, 0.717) is 0 Å². The fraction of sp³-hybridized carbons (Fsp3) is 0.235. The highest BCUT2D eigenvalue weighted by molar-refractivity contribution is 5.74. The SMILES string of the molecule is CC(NC(=O)NCc1cc(F)ccc1F)c1cccc(C(F)(F)F)c1. The molecule has 2 N–H and O–H groups in total. The molecule has 0 spiro atoms. The van der Waals surface area contributed by atoms with Gasteiger partial charge in [0.15, 0.2) is 0 Å². The van der Waals surface area contributed by atoms with Crippen LogP contribution in [0.15, 0.2) is 42.5 Å². The molecule has 2 aromatic rings. The number of halogens is 5. The highest BCUT2D eigenvalue weighted by Crippen LogP contribution is 2.30. The number of amides is 2. The van der Waals surface area contributed by atoms with E-state index in [0.717, 1.165) is 30.3 Å². The molecule has 2 rings (SSSR count). The Bertz CT molecular complexity index is 761. The van der Waals surface area contributed by atoms with Gasteiger partial charge in [0.1, 0.15) is 11.6 Å². The van der Waals surface area contributed by atoms with Gasteiger partial charge in [0.25, 0.3) is 0 Å².